The molecule has 1 amide bonds. The van der Waals surface area contributed by atoms with E-state index >= 15 is 0 Å². The maximum atomic E-state index is 13.5. The minimum absolute atomic E-state index is 0.0387. The van der Waals surface area contributed by atoms with Crippen LogP contribution < -0.4 is 14.8 Å². The lowest BCUT2D eigenvalue weighted by Gasteiger charge is -2.22. The number of rotatable bonds is 7. The highest BCUT2D eigenvalue weighted by molar-refractivity contribution is 7.21. The van der Waals surface area contributed by atoms with Gasteiger partial charge in [-0.2, -0.15) is 0 Å². The van der Waals surface area contributed by atoms with Gasteiger partial charge in [0.15, 0.2) is 0 Å². The van der Waals surface area contributed by atoms with Crippen molar-refractivity contribution in [3.63, 3.8) is 0 Å². The van der Waals surface area contributed by atoms with E-state index in [9.17, 15) is 9.59 Å². The fourth-order valence-corrected chi connectivity index (χ4v) is 5.53. The average Bonchev–Trinajstić information content (AvgIpc) is 2.85. The van der Waals surface area contributed by atoms with E-state index in [1.165, 1.54) is 0 Å². The predicted octanol–water partition coefficient (Wildman–Crippen LogP) is 4.71. The molecule has 186 valence electrons. The van der Waals surface area contributed by atoms with Crippen LogP contribution in [-0.2, 0) is 4.79 Å². The normalized spacial score (nSPS) is 11.0. The van der Waals surface area contributed by atoms with Crippen molar-refractivity contribution < 1.29 is 14.7 Å². The lowest BCUT2D eigenvalue weighted by atomic mass is 9.91. The largest absolute Gasteiger partial charge is 0.481 e. The number of carboxylic acids is 1. The molecule has 7 heteroatoms. The Labute approximate surface area is 215 Å². The van der Waals surface area contributed by atoms with E-state index in [0.29, 0.717) is 18.5 Å². The Bertz CT molecular complexity index is 1480. The molecule has 36 heavy (non-hydrogen) atoms. The first kappa shape index (κ1) is 25.4. The number of fused-ring (bicyclic) bond motifs is 2. The van der Waals surface area contributed by atoms with Gasteiger partial charge in [-0.25, -0.2) is 4.58 Å². The third kappa shape index (κ3) is 5.11. The second kappa shape index (κ2) is 10.5. The van der Waals surface area contributed by atoms with Crippen LogP contribution in [0.25, 0.3) is 31.7 Å². The van der Waals surface area contributed by atoms with E-state index in [1.807, 2.05) is 52.5 Å². The van der Waals surface area contributed by atoms with Crippen molar-refractivity contribution in [2.75, 3.05) is 46.7 Å². The number of nitrogens with zero attached hydrogens (tertiary/aromatic N) is 3. The smallest absolute Gasteiger partial charge is 0.303 e. The summed E-state index contributed by atoms with van der Waals surface area (Å²) < 4.78 is 3.24. The van der Waals surface area contributed by atoms with Gasteiger partial charge in [0.05, 0.1) is 0 Å². The molecule has 1 heterocycles. The second-order valence-corrected chi connectivity index (χ2v) is 10.5. The van der Waals surface area contributed by atoms with Gasteiger partial charge in [-0.1, -0.05) is 24.3 Å². The molecule has 0 fully saturated rings. The van der Waals surface area contributed by atoms with Gasteiger partial charge < -0.3 is 14.9 Å². The third-order valence-corrected chi connectivity index (χ3v) is 7.49. The van der Waals surface area contributed by atoms with E-state index in [2.05, 4.69) is 45.9 Å². The predicted molar refractivity (Wildman–Crippen MR) is 149 cm³/mol. The molecule has 0 bridgehead atoms. The number of amides is 1. The summed E-state index contributed by atoms with van der Waals surface area (Å²) in [7, 11) is 9.87. The van der Waals surface area contributed by atoms with Crippen molar-refractivity contribution in [3.05, 3.63) is 71.6 Å². The highest BCUT2D eigenvalue weighted by Crippen LogP contribution is 2.44. The van der Waals surface area contributed by atoms with Gasteiger partial charge in [0, 0.05) is 78.0 Å². The van der Waals surface area contributed by atoms with Gasteiger partial charge >= 0.3 is 5.97 Å². The molecule has 0 saturated heterocycles. The van der Waals surface area contributed by atoms with Crippen molar-refractivity contribution in [2.24, 2.45) is 0 Å². The van der Waals surface area contributed by atoms with E-state index < -0.39 is 5.97 Å². The number of anilines is 1. The first-order valence-corrected chi connectivity index (χ1v) is 12.7. The summed E-state index contributed by atoms with van der Waals surface area (Å²) >= 11 is 1.75. The molecule has 0 atom stereocenters. The zero-order valence-electron chi connectivity index (χ0n) is 21.4. The number of carbonyl (C=O) groups excluding carboxylic acids is 1. The quantitative estimate of drug-likeness (QED) is 0.294. The van der Waals surface area contributed by atoms with Crippen LogP contribution in [-0.4, -0.2) is 63.7 Å². The van der Waals surface area contributed by atoms with E-state index in [4.69, 9.17) is 5.11 Å². The van der Waals surface area contributed by atoms with E-state index in [0.717, 1.165) is 42.7 Å². The minimum Gasteiger partial charge on any atom is -0.481 e. The topological polar surface area (TPSA) is 63.9 Å². The summed E-state index contributed by atoms with van der Waals surface area (Å²) in [5, 5.41) is 11.2. The number of hydrogen-bond acceptors (Lipinski definition) is 4. The van der Waals surface area contributed by atoms with Crippen molar-refractivity contribution in [1.82, 2.24) is 9.48 Å². The number of aliphatic carboxylic acids is 1. The average molecular weight is 503 g/mol. The summed E-state index contributed by atoms with van der Waals surface area (Å²) in [6.45, 7) is 0.385. The molecule has 0 aromatic heterocycles. The minimum atomic E-state index is -0.853. The van der Waals surface area contributed by atoms with Crippen molar-refractivity contribution in [2.45, 2.75) is 12.8 Å². The second-order valence-electron chi connectivity index (χ2n) is 9.40. The summed E-state index contributed by atoms with van der Waals surface area (Å²) in [5.41, 5.74) is 4.75. The molecular weight excluding hydrogens is 470 g/mol. The Kier molecular flexibility index (Phi) is 7.40. The summed E-state index contributed by atoms with van der Waals surface area (Å²) in [6, 6.07) is 20.6. The Hall–Kier alpha value is -3.71. The third-order valence-electron chi connectivity index (χ3n) is 6.38. The highest BCUT2D eigenvalue weighted by Gasteiger charge is 2.22. The molecule has 6 nitrogen and oxygen atoms in total. The maximum absolute atomic E-state index is 13.5. The van der Waals surface area contributed by atoms with E-state index in [1.54, 1.807) is 23.3 Å². The molecule has 2 aromatic carbocycles. The van der Waals surface area contributed by atoms with Crippen molar-refractivity contribution >= 4 is 39.0 Å². The molecular formula is C29H32N3O3S+. The van der Waals surface area contributed by atoms with Crippen LogP contribution in [0.5, 0.6) is 0 Å². The monoisotopic (exact) mass is 502 g/mol. The number of carbonyl (C=O) groups is 2. The van der Waals surface area contributed by atoms with Crippen LogP contribution in [0, 0.1) is 0 Å². The van der Waals surface area contributed by atoms with Crippen LogP contribution in [0.2, 0.25) is 0 Å². The summed E-state index contributed by atoms with van der Waals surface area (Å²) in [5.74, 6) is -0.964. The Balaban J connectivity index is 1.95. The molecule has 4 rings (SSSR count). The fourth-order valence-electron chi connectivity index (χ4n) is 4.38. The molecule has 0 radical (unpaired) electrons. The molecule has 0 unspecified atom stereocenters. The van der Waals surface area contributed by atoms with Crippen molar-refractivity contribution in [1.29, 1.82) is 0 Å². The lowest BCUT2D eigenvalue weighted by Crippen LogP contribution is -2.28. The van der Waals surface area contributed by atoms with Crippen LogP contribution >= 0.6 is 11.3 Å². The standard InChI is InChI=1S/C29H31N3O3S/c1-30(2)19-12-14-23-25(17-19)36-26-18-20(31(3)4)13-15-24(26)28(23)21-9-6-7-10-22(21)29(35)32(5)16-8-11-27(33)34/h6-7,9-10,12-15,17-18H,8,11,16H2,1-5H3/p+1. The SMILES string of the molecule is CN(CCCC(=O)O)C(=O)c1ccccc1-c1c2ccc(=[N+](C)C)cc-2sc2cc(N(C)C)ccc12. The summed E-state index contributed by atoms with van der Waals surface area (Å²) in [6.07, 6.45) is 0.455. The van der Waals surface area contributed by atoms with Gasteiger partial charge in [0.1, 0.15) is 14.1 Å². The van der Waals surface area contributed by atoms with Crippen LogP contribution in [0.4, 0.5) is 5.69 Å². The molecule has 1 N–H and O–H groups in total. The first-order chi connectivity index (χ1) is 17.2. The van der Waals surface area contributed by atoms with Gasteiger partial charge in [-0.15, -0.1) is 11.3 Å². The number of carboxylic acid groups (broad SMARTS) is 1. The zero-order chi connectivity index (χ0) is 26.0. The molecule has 0 saturated carbocycles. The van der Waals surface area contributed by atoms with Gasteiger partial charge in [-0.05, 0) is 41.8 Å². The van der Waals surface area contributed by atoms with Gasteiger partial charge in [-0.3, -0.25) is 9.59 Å². The Morgan fingerprint density at radius 2 is 1.69 bits per heavy atom. The molecule has 2 aliphatic rings. The number of benzene rings is 3. The Morgan fingerprint density at radius 1 is 0.944 bits per heavy atom. The van der Waals surface area contributed by atoms with Crippen LogP contribution in [0.3, 0.4) is 0 Å². The van der Waals surface area contributed by atoms with Crippen LogP contribution in [0.15, 0.2) is 60.7 Å². The summed E-state index contributed by atoms with van der Waals surface area (Å²) in [4.78, 5) is 29.3. The Morgan fingerprint density at radius 3 is 2.39 bits per heavy atom. The maximum Gasteiger partial charge on any atom is 0.303 e. The zero-order valence-corrected chi connectivity index (χ0v) is 22.2. The molecule has 2 aromatic rings. The highest BCUT2D eigenvalue weighted by atomic mass is 32.1. The van der Waals surface area contributed by atoms with Crippen molar-refractivity contribution in [3.8, 4) is 21.6 Å². The van der Waals surface area contributed by atoms with Gasteiger partial charge in [0.2, 0.25) is 5.36 Å². The molecule has 0 spiro atoms. The van der Waals surface area contributed by atoms with Gasteiger partial charge in [0.25, 0.3) is 5.91 Å². The number of hydrogen-bond donors (Lipinski definition) is 1. The molecule has 1 aliphatic heterocycles. The lowest BCUT2D eigenvalue weighted by molar-refractivity contribution is -0.137. The molecule has 1 aliphatic carbocycles. The van der Waals surface area contributed by atoms with E-state index in [-0.39, 0.29) is 12.3 Å². The first-order valence-electron chi connectivity index (χ1n) is 11.9. The fraction of sp³-hybridized carbons (Fsp3) is 0.276. The van der Waals surface area contributed by atoms with Crippen LogP contribution in [0.1, 0.15) is 23.2 Å².